The average Bonchev–Trinajstić information content (AvgIpc) is 2.41. The molecule has 0 unspecified atom stereocenters. The standard InChI is InChI=1S/C15H16INO/c1-2-15(17)11-3-7-13(8-4-11)18-14-9-5-12(16)6-10-14/h3-10,15H,2,17H2,1H3/t15-/m1/s1. The quantitative estimate of drug-likeness (QED) is 0.822. The van der Waals surface area contributed by atoms with E-state index >= 15 is 0 Å². The summed E-state index contributed by atoms with van der Waals surface area (Å²) < 4.78 is 6.96. The van der Waals surface area contributed by atoms with Gasteiger partial charge < -0.3 is 10.5 Å². The molecule has 0 aliphatic rings. The molecule has 94 valence electrons. The second-order valence-corrected chi connectivity index (χ2v) is 5.39. The van der Waals surface area contributed by atoms with Crippen LogP contribution < -0.4 is 10.5 Å². The van der Waals surface area contributed by atoms with E-state index < -0.39 is 0 Å². The first-order valence-corrected chi connectivity index (χ1v) is 7.06. The molecule has 18 heavy (non-hydrogen) atoms. The van der Waals surface area contributed by atoms with Gasteiger partial charge in [0.1, 0.15) is 11.5 Å². The Kier molecular flexibility index (Phi) is 4.60. The molecule has 2 N–H and O–H groups in total. The van der Waals surface area contributed by atoms with Crippen molar-refractivity contribution in [2.24, 2.45) is 5.73 Å². The van der Waals surface area contributed by atoms with Gasteiger partial charge in [-0.2, -0.15) is 0 Å². The third-order valence-electron chi connectivity index (χ3n) is 2.80. The van der Waals surface area contributed by atoms with Crippen LogP contribution in [-0.4, -0.2) is 0 Å². The van der Waals surface area contributed by atoms with Gasteiger partial charge in [0, 0.05) is 9.61 Å². The third-order valence-corrected chi connectivity index (χ3v) is 3.52. The fraction of sp³-hybridized carbons (Fsp3) is 0.200. The lowest BCUT2D eigenvalue weighted by atomic mass is 10.1. The Morgan fingerprint density at radius 3 is 2.00 bits per heavy atom. The molecule has 0 heterocycles. The summed E-state index contributed by atoms with van der Waals surface area (Å²) in [6.07, 6.45) is 0.942. The molecular formula is C15H16INO. The lowest BCUT2D eigenvalue weighted by Gasteiger charge is -2.10. The second-order valence-electron chi connectivity index (χ2n) is 4.14. The predicted octanol–water partition coefficient (Wildman–Crippen LogP) is 4.49. The fourth-order valence-electron chi connectivity index (χ4n) is 1.66. The molecule has 0 saturated carbocycles. The molecule has 2 nitrogen and oxygen atoms in total. The maximum Gasteiger partial charge on any atom is 0.127 e. The smallest absolute Gasteiger partial charge is 0.127 e. The highest BCUT2D eigenvalue weighted by molar-refractivity contribution is 14.1. The van der Waals surface area contributed by atoms with Crippen molar-refractivity contribution in [3.05, 3.63) is 57.7 Å². The van der Waals surface area contributed by atoms with Gasteiger partial charge in [0.15, 0.2) is 0 Å². The van der Waals surface area contributed by atoms with Crippen molar-refractivity contribution in [1.29, 1.82) is 0 Å². The minimum Gasteiger partial charge on any atom is -0.457 e. The largest absolute Gasteiger partial charge is 0.457 e. The minimum absolute atomic E-state index is 0.109. The highest BCUT2D eigenvalue weighted by atomic mass is 127. The number of rotatable bonds is 4. The molecule has 2 aromatic carbocycles. The van der Waals surface area contributed by atoms with E-state index in [1.54, 1.807) is 0 Å². The van der Waals surface area contributed by atoms with E-state index in [1.807, 2.05) is 48.5 Å². The molecule has 0 aliphatic carbocycles. The number of nitrogens with two attached hydrogens (primary N) is 1. The summed E-state index contributed by atoms with van der Waals surface area (Å²) in [7, 11) is 0. The van der Waals surface area contributed by atoms with Gasteiger partial charge in [0.05, 0.1) is 0 Å². The zero-order valence-electron chi connectivity index (χ0n) is 10.3. The van der Waals surface area contributed by atoms with Crippen LogP contribution in [0.4, 0.5) is 0 Å². The molecule has 0 fully saturated rings. The molecule has 0 spiro atoms. The number of halogens is 1. The molecule has 0 radical (unpaired) electrons. The monoisotopic (exact) mass is 353 g/mol. The van der Waals surface area contributed by atoms with E-state index in [0.29, 0.717) is 0 Å². The molecule has 0 aromatic heterocycles. The SMILES string of the molecule is CC[C@@H](N)c1ccc(Oc2ccc(I)cc2)cc1. The summed E-state index contributed by atoms with van der Waals surface area (Å²) in [6.45, 7) is 2.08. The Bertz CT molecular complexity index is 493. The normalized spacial score (nSPS) is 12.2. The Balaban J connectivity index is 2.08. The van der Waals surface area contributed by atoms with Crippen LogP contribution in [0.15, 0.2) is 48.5 Å². The van der Waals surface area contributed by atoms with Gasteiger partial charge in [-0.25, -0.2) is 0 Å². The first kappa shape index (κ1) is 13.4. The number of ether oxygens (including phenoxy) is 1. The van der Waals surface area contributed by atoms with Crippen LogP contribution in [0.25, 0.3) is 0 Å². The van der Waals surface area contributed by atoms with Crippen LogP contribution in [0.3, 0.4) is 0 Å². The molecule has 0 bridgehead atoms. The summed E-state index contributed by atoms with van der Waals surface area (Å²) >= 11 is 2.27. The van der Waals surface area contributed by atoms with E-state index in [9.17, 15) is 0 Å². The van der Waals surface area contributed by atoms with Crippen LogP contribution in [0.5, 0.6) is 11.5 Å². The van der Waals surface area contributed by atoms with Crippen molar-refractivity contribution in [3.8, 4) is 11.5 Å². The lowest BCUT2D eigenvalue weighted by molar-refractivity contribution is 0.482. The Hall–Kier alpha value is -1.07. The number of hydrogen-bond donors (Lipinski definition) is 1. The van der Waals surface area contributed by atoms with Gasteiger partial charge in [-0.05, 0) is 71.0 Å². The Labute approximate surface area is 121 Å². The molecule has 3 heteroatoms. The van der Waals surface area contributed by atoms with Gasteiger partial charge in [-0.1, -0.05) is 19.1 Å². The number of benzene rings is 2. The van der Waals surface area contributed by atoms with E-state index in [2.05, 4.69) is 29.5 Å². The van der Waals surface area contributed by atoms with Crippen molar-refractivity contribution < 1.29 is 4.74 Å². The van der Waals surface area contributed by atoms with Gasteiger partial charge >= 0.3 is 0 Å². The van der Waals surface area contributed by atoms with E-state index in [1.165, 1.54) is 3.57 Å². The van der Waals surface area contributed by atoms with Crippen LogP contribution in [0.1, 0.15) is 24.9 Å². The molecule has 1 atom stereocenters. The highest BCUT2D eigenvalue weighted by Crippen LogP contribution is 2.24. The fourth-order valence-corrected chi connectivity index (χ4v) is 2.02. The van der Waals surface area contributed by atoms with Crippen molar-refractivity contribution >= 4 is 22.6 Å². The van der Waals surface area contributed by atoms with E-state index in [4.69, 9.17) is 10.5 Å². The molecule has 0 saturated heterocycles. The minimum atomic E-state index is 0.109. The zero-order valence-corrected chi connectivity index (χ0v) is 12.4. The molecule has 2 rings (SSSR count). The summed E-state index contributed by atoms with van der Waals surface area (Å²) in [5.41, 5.74) is 7.12. The van der Waals surface area contributed by atoms with Gasteiger partial charge in [0.25, 0.3) is 0 Å². The maximum absolute atomic E-state index is 5.97. The van der Waals surface area contributed by atoms with Gasteiger partial charge in [-0.15, -0.1) is 0 Å². The van der Waals surface area contributed by atoms with E-state index in [0.717, 1.165) is 23.5 Å². The van der Waals surface area contributed by atoms with Gasteiger partial charge in [0.2, 0.25) is 0 Å². The molecular weight excluding hydrogens is 337 g/mol. The van der Waals surface area contributed by atoms with Crippen molar-refractivity contribution in [1.82, 2.24) is 0 Å². The summed E-state index contributed by atoms with van der Waals surface area (Å²) in [6, 6.07) is 16.1. The van der Waals surface area contributed by atoms with Crippen LogP contribution >= 0.6 is 22.6 Å². The first-order valence-electron chi connectivity index (χ1n) is 5.98. The van der Waals surface area contributed by atoms with Crippen molar-refractivity contribution in [2.75, 3.05) is 0 Å². The van der Waals surface area contributed by atoms with Crippen molar-refractivity contribution in [3.63, 3.8) is 0 Å². The maximum atomic E-state index is 5.97. The van der Waals surface area contributed by atoms with E-state index in [-0.39, 0.29) is 6.04 Å². The molecule has 2 aromatic rings. The van der Waals surface area contributed by atoms with Crippen molar-refractivity contribution in [2.45, 2.75) is 19.4 Å². The molecule has 0 aliphatic heterocycles. The van der Waals surface area contributed by atoms with Crippen LogP contribution in [-0.2, 0) is 0 Å². The topological polar surface area (TPSA) is 35.2 Å². The summed E-state index contributed by atoms with van der Waals surface area (Å²) in [5.74, 6) is 1.69. The zero-order chi connectivity index (χ0) is 13.0. The van der Waals surface area contributed by atoms with Gasteiger partial charge in [-0.3, -0.25) is 0 Å². The lowest BCUT2D eigenvalue weighted by Crippen LogP contribution is -2.07. The Morgan fingerprint density at radius 2 is 1.50 bits per heavy atom. The highest BCUT2D eigenvalue weighted by Gasteiger charge is 2.03. The average molecular weight is 353 g/mol. The summed E-state index contributed by atoms with van der Waals surface area (Å²) in [5, 5.41) is 0. The number of hydrogen-bond acceptors (Lipinski definition) is 2. The van der Waals surface area contributed by atoms with Crippen LogP contribution in [0.2, 0.25) is 0 Å². The Morgan fingerprint density at radius 1 is 1.00 bits per heavy atom. The van der Waals surface area contributed by atoms with Crippen LogP contribution in [0, 0.1) is 3.57 Å². The second kappa shape index (κ2) is 6.20. The predicted molar refractivity (Wildman–Crippen MR) is 82.9 cm³/mol. The molecule has 0 amide bonds. The summed E-state index contributed by atoms with van der Waals surface area (Å²) in [4.78, 5) is 0. The first-order chi connectivity index (χ1) is 8.69. The third kappa shape index (κ3) is 3.46.